The molecule has 0 unspecified atom stereocenters. The molecule has 1 aromatic heterocycles. The Morgan fingerprint density at radius 1 is 0.972 bits per heavy atom. The van der Waals surface area contributed by atoms with Gasteiger partial charge in [0.1, 0.15) is 29.1 Å². The first-order valence-electron chi connectivity index (χ1n) is 12.0. The third kappa shape index (κ3) is 5.46. The number of hydrogen-bond donors (Lipinski definition) is 0. The molecule has 3 aromatic rings. The normalized spacial score (nSPS) is 15.6. The highest BCUT2D eigenvalue weighted by atomic mass is 35.5. The highest BCUT2D eigenvalue weighted by Crippen LogP contribution is 2.46. The van der Waals surface area contributed by atoms with Crippen molar-refractivity contribution in [1.29, 1.82) is 0 Å². The number of ether oxygens (including phenoxy) is 3. The smallest absolute Gasteiger partial charge is 0.419 e. The van der Waals surface area contributed by atoms with Gasteiger partial charge in [-0.25, -0.2) is 14.2 Å². The lowest BCUT2D eigenvalue weighted by Crippen LogP contribution is -2.36. The number of anilines is 1. The second-order valence-corrected chi connectivity index (χ2v) is 11.3. The molecule has 1 amide bonds. The molecule has 0 saturated carbocycles. The molecule has 192 valence electrons. The van der Waals surface area contributed by atoms with Crippen LogP contribution in [0.3, 0.4) is 0 Å². The molecule has 0 aliphatic carbocycles. The van der Waals surface area contributed by atoms with Crippen molar-refractivity contribution in [3.05, 3.63) is 59.8 Å². The Balaban J connectivity index is 1.85. The number of carbonyl (C=O) groups is 2. The lowest BCUT2D eigenvalue weighted by molar-refractivity contribution is 0.0540. The number of aromatic nitrogens is 1. The number of amides is 1. The van der Waals surface area contributed by atoms with E-state index < -0.39 is 23.4 Å². The van der Waals surface area contributed by atoms with E-state index in [2.05, 4.69) is 0 Å². The number of benzene rings is 2. The minimum Gasteiger partial charge on any atom is -0.487 e. The Kier molecular flexibility index (Phi) is 6.97. The van der Waals surface area contributed by atoms with Gasteiger partial charge < -0.3 is 14.2 Å². The SMILES string of the molecule is CC(C)(C)OC(=O)N1C[C@H](CCl)c2c1cc(OCc1ccccc1)c1c2ccn1C(=O)OC(C)(C)C. The van der Waals surface area contributed by atoms with E-state index >= 15 is 0 Å². The van der Waals surface area contributed by atoms with Crippen LogP contribution in [0, 0.1) is 0 Å². The molecule has 36 heavy (non-hydrogen) atoms. The standard InChI is InChI=1S/C28H33ClN2O5/c1-27(2,3)35-25(32)30-13-12-20-23-19(15-29)16-31(26(33)36-28(4,5)6)21(23)14-22(24(20)30)34-17-18-10-8-7-9-11-18/h7-14,19H,15-17H2,1-6H3/t19-/m0/s1. The topological polar surface area (TPSA) is 70.0 Å². The van der Waals surface area contributed by atoms with Gasteiger partial charge in [-0.15, -0.1) is 11.6 Å². The van der Waals surface area contributed by atoms with Crippen molar-refractivity contribution in [1.82, 2.24) is 4.57 Å². The second kappa shape index (κ2) is 9.69. The Morgan fingerprint density at radius 3 is 2.22 bits per heavy atom. The molecule has 0 radical (unpaired) electrons. The number of fused-ring (bicyclic) bond motifs is 3. The van der Waals surface area contributed by atoms with Crippen LogP contribution in [0.15, 0.2) is 48.7 Å². The molecule has 0 bridgehead atoms. The molecule has 2 heterocycles. The van der Waals surface area contributed by atoms with Crippen LogP contribution >= 0.6 is 11.6 Å². The summed E-state index contributed by atoms with van der Waals surface area (Å²) in [4.78, 5) is 27.8. The quantitative estimate of drug-likeness (QED) is 0.349. The van der Waals surface area contributed by atoms with Gasteiger partial charge in [0.2, 0.25) is 0 Å². The van der Waals surface area contributed by atoms with Crippen molar-refractivity contribution in [3.8, 4) is 5.75 Å². The van der Waals surface area contributed by atoms with E-state index in [1.54, 1.807) is 17.2 Å². The Bertz CT molecular complexity index is 1270. The van der Waals surface area contributed by atoms with Crippen LogP contribution in [0.25, 0.3) is 10.9 Å². The first-order chi connectivity index (χ1) is 16.9. The summed E-state index contributed by atoms with van der Waals surface area (Å²) in [5.41, 5.74) is 1.81. The summed E-state index contributed by atoms with van der Waals surface area (Å²) in [6.07, 6.45) is 0.721. The number of halogens is 1. The van der Waals surface area contributed by atoms with Crippen LogP contribution in [0.4, 0.5) is 15.3 Å². The van der Waals surface area contributed by atoms with Gasteiger partial charge in [0.15, 0.2) is 0 Å². The van der Waals surface area contributed by atoms with Gasteiger partial charge in [0.05, 0.1) is 5.69 Å². The molecule has 1 aliphatic rings. The van der Waals surface area contributed by atoms with E-state index in [1.165, 1.54) is 4.57 Å². The third-order valence-corrected chi connectivity index (χ3v) is 6.06. The van der Waals surface area contributed by atoms with Crippen molar-refractivity contribution in [2.24, 2.45) is 0 Å². The summed E-state index contributed by atoms with van der Waals surface area (Å²) >= 11 is 6.37. The van der Waals surface area contributed by atoms with E-state index in [0.717, 1.165) is 16.5 Å². The minimum atomic E-state index is -0.665. The zero-order valence-electron chi connectivity index (χ0n) is 21.6. The van der Waals surface area contributed by atoms with Crippen LogP contribution in [0.5, 0.6) is 5.75 Å². The molecule has 7 nitrogen and oxygen atoms in total. The van der Waals surface area contributed by atoms with Crippen molar-refractivity contribution in [2.75, 3.05) is 17.3 Å². The molecule has 0 spiro atoms. The number of rotatable bonds is 4. The van der Waals surface area contributed by atoms with E-state index in [-0.39, 0.29) is 5.92 Å². The van der Waals surface area contributed by atoms with Gasteiger partial charge in [-0.1, -0.05) is 30.3 Å². The Hall–Kier alpha value is -3.19. The molecular formula is C28H33ClN2O5. The van der Waals surface area contributed by atoms with Crippen LogP contribution in [-0.4, -0.2) is 40.4 Å². The largest absolute Gasteiger partial charge is 0.487 e. The van der Waals surface area contributed by atoms with Crippen molar-refractivity contribution in [2.45, 2.75) is 65.3 Å². The summed E-state index contributed by atoms with van der Waals surface area (Å²) in [5.74, 6) is 0.644. The Labute approximate surface area is 216 Å². The number of hydrogen-bond acceptors (Lipinski definition) is 5. The minimum absolute atomic E-state index is 0.130. The van der Waals surface area contributed by atoms with E-state index in [9.17, 15) is 9.59 Å². The number of carbonyl (C=O) groups excluding carboxylic acids is 2. The van der Waals surface area contributed by atoms with Crippen molar-refractivity contribution < 1.29 is 23.8 Å². The van der Waals surface area contributed by atoms with E-state index in [4.69, 9.17) is 25.8 Å². The first-order valence-corrected chi connectivity index (χ1v) is 12.6. The lowest BCUT2D eigenvalue weighted by atomic mass is 9.99. The summed E-state index contributed by atoms with van der Waals surface area (Å²) in [5, 5.41) is 0.790. The van der Waals surface area contributed by atoms with Gasteiger partial charge >= 0.3 is 12.2 Å². The lowest BCUT2D eigenvalue weighted by Gasteiger charge is -2.25. The predicted octanol–water partition coefficient (Wildman–Crippen LogP) is 7.08. The molecule has 0 fully saturated rings. The summed E-state index contributed by atoms with van der Waals surface area (Å²) in [7, 11) is 0. The van der Waals surface area contributed by atoms with Crippen LogP contribution in [-0.2, 0) is 16.1 Å². The van der Waals surface area contributed by atoms with Crippen molar-refractivity contribution in [3.63, 3.8) is 0 Å². The Morgan fingerprint density at radius 2 is 1.61 bits per heavy atom. The number of nitrogens with zero attached hydrogens (tertiary/aromatic N) is 2. The predicted molar refractivity (Wildman–Crippen MR) is 141 cm³/mol. The van der Waals surface area contributed by atoms with Gasteiger partial charge in [0, 0.05) is 36.0 Å². The highest BCUT2D eigenvalue weighted by molar-refractivity contribution is 6.19. The van der Waals surface area contributed by atoms with E-state index in [1.807, 2.05) is 77.9 Å². The maximum absolute atomic E-state index is 13.1. The average molecular weight is 513 g/mol. The number of alkyl halides is 1. The van der Waals surface area contributed by atoms with Crippen molar-refractivity contribution >= 4 is 40.4 Å². The molecule has 2 aromatic carbocycles. The van der Waals surface area contributed by atoms with Crippen LogP contribution in [0.2, 0.25) is 0 Å². The average Bonchev–Trinajstić information content (AvgIpc) is 3.37. The molecular weight excluding hydrogens is 480 g/mol. The third-order valence-electron chi connectivity index (χ3n) is 5.68. The summed E-state index contributed by atoms with van der Waals surface area (Å²) < 4.78 is 19.1. The highest BCUT2D eigenvalue weighted by Gasteiger charge is 2.38. The molecule has 4 rings (SSSR count). The molecule has 8 heteroatoms. The second-order valence-electron chi connectivity index (χ2n) is 11.0. The fourth-order valence-corrected chi connectivity index (χ4v) is 4.55. The maximum Gasteiger partial charge on any atom is 0.419 e. The zero-order valence-corrected chi connectivity index (χ0v) is 22.4. The summed E-state index contributed by atoms with van der Waals surface area (Å²) in [6, 6.07) is 13.4. The van der Waals surface area contributed by atoms with Gasteiger partial charge in [0.25, 0.3) is 0 Å². The first kappa shape index (κ1) is 25.9. The molecule has 0 saturated heterocycles. The monoisotopic (exact) mass is 512 g/mol. The zero-order chi connectivity index (χ0) is 26.3. The molecule has 0 N–H and O–H groups in total. The van der Waals surface area contributed by atoms with E-state index in [0.29, 0.717) is 36.0 Å². The molecule has 1 aliphatic heterocycles. The fraction of sp³-hybridized carbons (Fsp3) is 0.429. The summed E-state index contributed by atoms with van der Waals surface area (Å²) in [6.45, 7) is 11.6. The van der Waals surface area contributed by atoms with Gasteiger partial charge in [-0.05, 0) is 58.7 Å². The molecule has 1 atom stereocenters. The van der Waals surface area contributed by atoms with Crippen LogP contribution in [0.1, 0.15) is 58.6 Å². The van der Waals surface area contributed by atoms with Gasteiger partial charge in [-0.2, -0.15) is 0 Å². The van der Waals surface area contributed by atoms with Gasteiger partial charge in [-0.3, -0.25) is 4.90 Å². The van der Waals surface area contributed by atoms with Crippen LogP contribution < -0.4 is 9.64 Å². The fourth-order valence-electron chi connectivity index (χ4n) is 4.30. The maximum atomic E-state index is 13.1.